The molecule has 174 valence electrons. The van der Waals surface area contributed by atoms with Crippen LogP contribution < -0.4 is 5.32 Å². The highest BCUT2D eigenvalue weighted by Gasteiger charge is 2.56. The molecule has 8 nitrogen and oxygen atoms in total. The summed E-state index contributed by atoms with van der Waals surface area (Å²) in [6.45, 7) is 6.35. The zero-order valence-corrected chi connectivity index (χ0v) is 19.3. The van der Waals surface area contributed by atoms with Gasteiger partial charge in [0.1, 0.15) is 12.1 Å². The number of nitrogens with zero attached hydrogens (tertiary/aromatic N) is 2. The molecule has 2 unspecified atom stereocenters. The normalized spacial score (nSPS) is 24.4. The fourth-order valence-electron chi connectivity index (χ4n) is 5.31. The van der Waals surface area contributed by atoms with Crippen LogP contribution in [0.25, 0.3) is 0 Å². The van der Waals surface area contributed by atoms with Crippen molar-refractivity contribution in [1.82, 2.24) is 15.1 Å². The Morgan fingerprint density at radius 2 is 1.88 bits per heavy atom. The lowest BCUT2D eigenvalue weighted by atomic mass is 9.64. The number of methoxy groups -OCH3 is 1. The van der Waals surface area contributed by atoms with Gasteiger partial charge >= 0.3 is 12.0 Å². The molecular weight excluding hydrogens is 410 g/mol. The van der Waals surface area contributed by atoms with Gasteiger partial charge in [-0.3, -0.25) is 19.3 Å². The Morgan fingerprint density at radius 3 is 2.50 bits per heavy atom. The van der Waals surface area contributed by atoms with Crippen LogP contribution in [0.5, 0.6) is 0 Å². The summed E-state index contributed by atoms with van der Waals surface area (Å²) in [6.07, 6.45) is 2.14. The molecular formula is C24H33N3O5. The Morgan fingerprint density at radius 1 is 1.19 bits per heavy atom. The third-order valence-corrected chi connectivity index (χ3v) is 6.30. The molecule has 0 bridgehead atoms. The molecule has 4 amide bonds. The summed E-state index contributed by atoms with van der Waals surface area (Å²) in [6, 6.07) is 8.85. The Bertz CT molecular complexity index is 885. The van der Waals surface area contributed by atoms with E-state index in [2.05, 4.69) is 26.1 Å². The van der Waals surface area contributed by atoms with Crippen LogP contribution in [0.3, 0.4) is 0 Å². The second kappa shape index (κ2) is 9.30. The maximum absolute atomic E-state index is 13.4. The first-order valence-corrected chi connectivity index (χ1v) is 11.1. The van der Waals surface area contributed by atoms with Crippen molar-refractivity contribution in [3.05, 3.63) is 35.9 Å². The van der Waals surface area contributed by atoms with E-state index in [0.29, 0.717) is 12.8 Å². The third-order valence-electron chi connectivity index (χ3n) is 6.30. The molecule has 3 rings (SSSR count). The molecule has 0 aromatic heterocycles. The zero-order chi connectivity index (χ0) is 23.5. The molecule has 0 radical (unpaired) electrons. The molecule has 2 aliphatic rings. The quantitative estimate of drug-likeness (QED) is 0.516. The van der Waals surface area contributed by atoms with Crippen LogP contribution in [0.2, 0.25) is 0 Å². The van der Waals surface area contributed by atoms with Crippen molar-refractivity contribution in [1.29, 1.82) is 0 Å². The van der Waals surface area contributed by atoms with Crippen molar-refractivity contribution in [2.24, 2.45) is 11.3 Å². The van der Waals surface area contributed by atoms with Crippen LogP contribution in [0.4, 0.5) is 4.79 Å². The number of nitrogens with one attached hydrogen (secondary N) is 1. The third kappa shape index (κ3) is 5.29. The highest BCUT2D eigenvalue weighted by molar-refractivity contribution is 6.09. The molecule has 32 heavy (non-hydrogen) atoms. The summed E-state index contributed by atoms with van der Waals surface area (Å²) in [5.41, 5.74) is -0.141. The van der Waals surface area contributed by atoms with Gasteiger partial charge in [-0.2, -0.15) is 0 Å². The minimum absolute atomic E-state index is 0.0326. The number of hydrogen-bond acceptors (Lipinski definition) is 5. The molecule has 1 heterocycles. The second-order valence-electron chi connectivity index (χ2n) is 9.88. The van der Waals surface area contributed by atoms with E-state index in [9.17, 15) is 19.2 Å². The topological polar surface area (TPSA) is 96.0 Å². The molecule has 1 saturated carbocycles. The van der Waals surface area contributed by atoms with Crippen molar-refractivity contribution in [3.8, 4) is 0 Å². The van der Waals surface area contributed by atoms with Gasteiger partial charge in [-0.05, 0) is 36.2 Å². The van der Waals surface area contributed by atoms with E-state index in [1.807, 2.05) is 30.3 Å². The van der Waals surface area contributed by atoms with Crippen LogP contribution in [-0.4, -0.2) is 59.4 Å². The van der Waals surface area contributed by atoms with Crippen molar-refractivity contribution >= 4 is 23.8 Å². The average Bonchev–Trinajstić information content (AvgIpc) is 2.93. The second-order valence-corrected chi connectivity index (χ2v) is 9.88. The van der Waals surface area contributed by atoms with Gasteiger partial charge in [0.2, 0.25) is 5.91 Å². The van der Waals surface area contributed by atoms with E-state index in [-0.39, 0.29) is 49.2 Å². The first kappa shape index (κ1) is 23.8. The fraction of sp³-hybridized carbons (Fsp3) is 0.583. The van der Waals surface area contributed by atoms with Crippen molar-refractivity contribution in [2.45, 2.75) is 58.5 Å². The Kier molecular flexibility index (Phi) is 6.91. The van der Waals surface area contributed by atoms with Gasteiger partial charge in [0, 0.05) is 13.1 Å². The highest BCUT2D eigenvalue weighted by Crippen LogP contribution is 2.46. The summed E-state index contributed by atoms with van der Waals surface area (Å²) >= 11 is 0. The van der Waals surface area contributed by atoms with Crippen LogP contribution in [0.15, 0.2) is 30.3 Å². The summed E-state index contributed by atoms with van der Waals surface area (Å²) in [5, 5.41) is 2.90. The largest absolute Gasteiger partial charge is 0.469 e. The molecule has 1 saturated heterocycles. The average molecular weight is 444 g/mol. The van der Waals surface area contributed by atoms with E-state index in [1.54, 1.807) is 0 Å². The first-order chi connectivity index (χ1) is 15.0. The van der Waals surface area contributed by atoms with Crippen LogP contribution >= 0.6 is 0 Å². The lowest BCUT2D eigenvalue weighted by Crippen LogP contribution is -2.54. The molecule has 1 N–H and O–H groups in total. The number of imide groups is 1. The van der Waals surface area contributed by atoms with E-state index in [1.165, 1.54) is 12.0 Å². The van der Waals surface area contributed by atoms with Crippen LogP contribution in [0.1, 0.15) is 52.0 Å². The minimum atomic E-state index is -0.950. The highest BCUT2D eigenvalue weighted by atomic mass is 16.5. The van der Waals surface area contributed by atoms with Gasteiger partial charge in [-0.25, -0.2) is 4.79 Å². The van der Waals surface area contributed by atoms with E-state index < -0.39 is 17.5 Å². The molecule has 1 spiro atoms. The van der Waals surface area contributed by atoms with Gasteiger partial charge in [-0.1, -0.05) is 51.1 Å². The van der Waals surface area contributed by atoms with Gasteiger partial charge in [-0.15, -0.1) is 0 Å². The molecule has 1 aliphatic carbocycles. The minimum Gasteiger partial charge on any atom is -0.469 e. The van der Waals surface area contributed by atoms with Crippen molar-refractivity contribution in [2.75, 3.05) is 20.2 Å². The molecule has 1 aliphatic heterocycles. The maximum atomic E-state index is 13.4. The van der Waals surface area contributed by atoms with Crippen LogP contribution in [0, 0.1) is 11.3 Å². The molecule has 2 atom stereocenters. The first-order valence-electron chi connectivity index (χ1n) is 11.1. The van der Waals surface area contributed by atoms with Crippen LogP contribution in [-0.2, 0) is 25.7 Å². The smallest absolute Gasteiger partial charge is 0.325 e. The Balaban J connectivity index is 1.75. The number of carbonyl (C=O) groups is 4. The van der Waals surface area contributed by atoms with Gasteiger partial charge in [0.15, 0.2) is 0 Å². The predicted molar refractivity (Wildman–Crippen MR) is 118 cm³/mol. The van der Waals surface area contributed by atoms with Gasteiger partial charge in [0.25, 0.3) is 5.91 Å². The number of benzene rings is 1. The Labute approximate surface area is 189 Å². The summed E-state index contributed by atoms with van der Waals surface area (Å²) < 4.78 is 4.70. The standard InChI is InChI=1S/C24H33N3O5/c1-17-12-23(2,3)16-24(13-17)21(30)27(22(31)25-24)15-19(28)26(11-10-20(29)32-4)14-18-8-6-5-7-9-18/h5-9,17H,10-16H2,1-4H3,(H,25,31). The number of esters is 1. The molecule has 1 aromatic rings. The van der Waals surface area contributed by atoms with Gasteiger partial charge in [0.05, 0.1) is 13.5 Å². The monoisotopic (exact) mass is 443 g/mol. The lowest BCUT2D eigenvalue weighted by molar-refractivity contribution is -0.144. The van der Waals surface area contributed by atoms with Crippen molar-refractivity contribution in [3.63, 3.8) is 0 Å². The zero-order valence-electron chi connectivity index (χ0n) is 19.3. The molecule has 8 heteroatoms. The fourth-order valence-corrected chi connectivity index (χ4v) is 5.31. The lowest BCUT2D eigenvalue weighted by Gasteiger charge is -2.43. The van der Waals surface area contributed by atoms with E-state index >= 15 is 0 Å². The SMILES string of the molecule is COC(=O)CCN(Cc1ccccc1)C(=O)CN1C(=O)NC2(CC(C)CC(C)(C)C2)C1=O. The number of ether oxygens (including phenoxy) is 1. The maximum Gasteiger partial charge on any atom is 0.325 e. The van der Waals surface area contributed by atoms with Crippen molar-refractivity contribution < 1.29 is 23.9 Å². The number of hydrogen-bond donors (Lipinski definition) is 1. The van der Waals surface area contributed by atoms with E-state index in [0.717, 1.165) is 16.9 Å². The predicted octanol–water partition coefficient (Wildman–Crippen LogP) is 2.72. The summed E-state index contributed by atoms with van der Waals surface area (Å²) in [7, 11) is 1.30. The number of amides is 4. The number of urea groups is 1. The summed E-state index contributed by atoms with van der Waals surface area (Å²) in [5.74, 6) is -0.860. The molecule has 2 fully saturated rings. The van der Waals surface area contributed by atoms with Gasteiger partial charge < -0.3 is 15.0 Å². The summed E-state index contributed by atoms with van der Waals surface area (Å²) in [4.78, 5) is 53.4. The number of carbonyl (C=O) groups excluding carboxylic acids is 4. The van der Waals surface area contributed by atoms with E-state index in [4.69, 9.17) is 4.74 Å². The number of rotatable bonds is 7. The Hall–Kier alpha value is -2.90. The molecule has 1 aromatic carbocycles.